The summed E-state index contributed by atoms with van der Waals surface area (Å²) >= 11 is 0. The van der Waals surface area contributed by atoms with E-state index in [0.717, 1.165) is 11.1 Å². The highest BCUT2D eigenvalue weighted by Gasteiger charge is 2.16. The molecule has 0 aliphatic heterocycles. The van der Waals surface area contributed by atoms with Gasteiger partial charge in [-0.3, -0.25) is 10.1 Å². The molecule has 0 heterocycles. The number of aryl methyl sites for hydroxylation is 2. The van der Waals surface area contributed by atoms with Crippen LogP contribution in [0.5, 0.6) is 0 Å². The van der Waals surface area contributed by atoms with E-state index in [-0.39, 0.29) is 11.5 Å². The number of hydrogen-bond donors (Lipinski definition) is 0. The summed E-state index contributed by atoms with van der Waals surface area (Å²) in [5.74, 6) is 0. The standard InChI is InChI=1S/C11H15NO3/c1-8-4-5-10(6-9(8)2)11(15-3)7-12(13)14/h4-6,11H,7H2,1-3H3. The van der Waals surface area contributed by atoms with Gasteiger partial charge in [-0.15, -0.1) is 0 Å². The highest BCUT2D eigenvalue weighted by molar-refractivity contribution is 5.31. The largest absolute Gasteiger partial charge is 0.370 e. The zero-order valence-corrected chi connectivity index (χ0v) is 9.19. The molecule has 0 aromatic heterocycles. The monoisotopic (exact) mass is 209 g/mol. The van der Waals surface area contributed by atoms with Gasteiger partial charge in [0, 0.05) is 12.0 Å². The normalized spacial score (nSPS) is 12.5. The average molecular weight is 209 g/mol. The molecule has 1 atom stereocenters. The van der Waals surface area contributed by atoms with Crippen molar-refractivity contribution in [3.8, 4) is 0 Å². The Hall–Kier alpha value is -1.42. The summed E-state index contributed by atoms with van der Waals surface area (Å²) in [7, 11) is 1.49. The summed E-state index contributed by atoms with van der Waals surface area (Å²) in [5.41, 5.74) is 3.16. The van der Waals surface area contributed by atoms with Crippen LogP contribution in [-0.2, 0) is 4.74 Å². The highest BCUT2D eigenvalue weighted by Crippen LogP contribution is 2.19. The van der Waals surface area contributed by atoms with Gasteiger partial charge < -0.3 is 4.74 Å². The van der Waals surface area contributed by atoms with Crippen molar-refractivity contribution >= 4 is 0 Å². The van der Waals surface area contributed by atoms with Crippen LogP contribution in [0.4, 0.5) is 0 Å². The first-order valence-electron chi connectivity index (χ1n) is 4.76. The van der Waals surface area contributed by atoms with E-state index in [0.29, 0.717) is 0 Å². The molecule has 1 aromatic rings. The Morgan fingerprint density at radius 3 is 2.53 bits per heavy atom. The minimum atomic E-state index is -0.459. The molecule has 0 radical (unpaired) electrons. The summed E-state index contributed by atoms with van der Waals surface area (Å²) in [5, 5.41) is 10.4. The van der Waals surface area contributed by atoms with E-state index in [1.54, 1.807) is 0 Å². The Morgan fingerprint density at radius 2 is 2.07 bits per heavy atom. The minimum Gasteiger partial charge on any atom is -0.370 e. The van der Waals surface area contributed by atoms with E-state index in [4.69, 9.17) is 4.74 Å². The predicted octanol–water partition coefficient (Wildman–Crippen LogP) is 2.27. The molecular formula is C11H15NO3. The third-order valence-electron chi connectivity index (χ3n) is 2.50. The molecule has 82 valence electrons. The van der Waals surface area contributed by atoms with Crippen LogP contribution in [0.1, 0.15) is 22.8 Å². The summed E-state index contributed by atoms with van der Waals surface area (Å²) in [4.78, 5) is 10.1. The lowest BCUT2D eigenvalue weighted by Crippen LogP contribution is -2.14. The van der Waals surface area contributed by atoms with Gasteiger partial charge in [0.1, 0.15) is 6.10 Å². The maximum Gasteiger partial charge on any atom is 0.233 e. The molecule has 0 saturated heterocycles. The first kappa shape index (κ1) is 11.7. The van der Waals surface area contributed by atoms with Crippen LogP contribution >= 0.6 is 0 Å². The molecule has 0 aliphatic carbocycles. The Kier molecular flexibility index (Phi) is 3.80. The quantitative estimate of drug-likeness (QED) is 0.564. The maximum atomic E-state index is 10.4. The zero-order chi connectivity index (χ0) is 11.4. The molecule has 1 rings (SSSR count). The van der Waals surface area contributed by atoms with Crippen molar-refractivity contribution < 1.29 is 9.66 Å². The van der Waals surface area contributed by atoms with Crippen LogP contribution in [0.3, 0.4) is 0 Å². The second-order valence-corrected chi connectivity index (χ2v) is 3.58. The van der Waals surface area contributed by atoms with E-state index in [1.165, 1.54) is 12.7 Å². The van der Waals surface area contributed by atoms with Gasteiger partial charge in [-0.2, -0.15) is 0 Å². The molecule has 0 saturated carbocycles. The van der Waals surface area contributed by atoms with Crippen molar-refractivity contribution in [3.63, 3.8) is 0 Å². The number of rotatable bonds is 4. The van der Waals surface area contributed by atoms with Crippen molar-refractivity contribution in [1.82, 2.24) is 0 Å². The summed E-state index contributed by atoms with van der Waals surface area (Å²) in [6.45, 7) is 3.80. The fourth-order valence-electron chi connectivity index (χ4n) is 1.42. The molecule has 1 aromatic carbocycles. The smallest absolute Gasteiger partial charge is 0.233 e. The number of methoxy groups -OCH3 is 1. The van der Waals surface area contributed by atoms with E-state index in [1.807, 2.05) is 32.0 Å². The van der Waals surface area contributed by atoms with Gasteiger partial charge in [-0.25, -0.2) is 0 Å². The zero-order valence-electron chi connectivity index (χ0n) is 9.19. The van der Waals surface area contributed by atoms with Gasteiger partial charge in [0.05, 0.1) is 0 Å². The number of nitro groups is 1. The molecule has 0 amide bonds. The lowest BCUT2D eigenvalue weighted by atomic mass is 10.0. The van der Waals surface area contributed by atoms with Gasteiger partial charge in [0.2, 0.25) is 6.54 Å². The van der Waals surface area contributed by atoms with E-state index >= 15 is 0 Å². The Morgan fingerprint density at radius 1 is 1.40 bits per heavy atom. The Balaban J connectivity index is 2.92. The number of hydrogen-bond acceptors (Lipinski definition) is 3. The van der Waals surface area contributed by atoms with Gasteiger partial charge in [-0.1, -0.05) is 18.2 Å². The topological polar surface area (TPSA) is 52.4 Å². The summed E-state index contributed by atoms with van der Waals surface area (Å²) in [6.07, 6.45) is -0.459. The summed E-state index contributed by atoms with van der Waals surface area (Å²) in [6, 6.07) is 5.77. The van der Waals surface area contributed by atoms with Gasteiger partial charge in [-0.05, 0) is 30.5 Å². The van der Waals surface area contributed by atoms with Crippen LogP contribution in [0.15, 0.2) is 18.2 Å². The molecule has 0 fully saturated rings. The van der Waals surface area contributed by atoms with Crippen molar-refractivity contribution in [1.29, 1.82) is 0 Å². The fourth-order valence-corrected chi connectivity index (χ4v) is 1.42. The first-order chi connectivity index (χ1) is 7.04. The van der Waals surface area contributed by atoms with Gasteiger partial charge in [0.15, 0.2) is 0 Å². The number of benzene rings is 1. The SMILES string of the molecule is COC(C[N+](=O)[O-])c1ccc(C)c(C)c1. The third kappa shape index (κ3) is 3.02. The second-order valence-electron chi connectivity index (χ2n) is 3.58. The van der Waals surface area contributed by atoms with E-state index in [2.05, 4.69) is 0 Å². The maximum absolute atomic E-state index is 10.4. The molecule has 4 heteroatoms. The van der Waals surface area contributed by atoms with Crippen LogP contribution in [0.2, 0.25) is 0 Å². The predicted molar refractivity (Wildman–Crippen MR) is 57.5 cm³/mol. The lowest BCUT2D eigenvalue weighted by molar-refractivity contribution is -0.492. The third-order valence-corrected chi connectivity index (χ3v) is 2.50. The van der Waals surface area contributed by atoms with Crippen LogP contribution in [0.25, 0.3) is 0 Å². The highest BCUT2D eigenvalue weighted by atomic mass is 16.6. The second kappa shape index (κ2) is 4.89. The van der Waals surface area contributed by atoms with Gasteiger partial charge >= 0.3 is 0 Å². The molecule has 0 aliphatic rings. The Labute approximate surface area is 89.0 Å². The Bertz CT molecular complexity index is 363. The molecule has 1 unspecified atom stereocenters. The first-order valence-corrected chi connectivity index (χ1v) is 4.76. The molecule has 15 heavy (non-hydrogen) atoms. The fraction of sp³-hybridized carbons (Fsp3) is 0.455. The van der Waals surface area contributed by atoms with Crippen molar-refractivity contribution in [2.45, 2.75) is 20.0 Å². The molecular weight excluding hydrogens is 194 g/mol. The van der Waals surface area contributed by atoms with E-state index in [9.17, 15) is 10.1 Å². The van der Waals surface area contributed by atoms with Crippen molar-refractivity contribution in [3.05, 3.63) is 45.0 Å². The molecule has 0 N–H and O–H groups in total. The average Bonchev–Trinajstić information content (AvgIpc) is 2.18. The molecule has 0 bridgehead atoms. The van der Waals surface area contributed by atoms with Crippen LogP contribution in [0, 0.1) is 24.0 Å². The number of nitrogens with zero attached hydrogens (tertiary/aromatic N) is 1. The number of ether oxygens (including phenoxy) is 1. The molecule has 4 nitrogen and oxygen atoms in total. The minimum absolute atomic E-state index is 0.195. The van der Waals surface area contributed by atoms with Crippen LogP contribution < -0.4 is 0 Å². The lowest BCUT2D eigenvalue weighted by Gasteiger charge is -2.12. The summed E-state index contributed by atoms with van der Waals surface area (Å²) < 4.78 is 5.10. The van der Waals surface area contributed by atoms with Gasteiger partial charge in [0.25, 0.3) is 0 Å². The van der Waals surface area contributed by atoms with E-state index < -0.39 is 6.10 Å². The van der Waals surface area contributed by atoms with Crippen LogP contribution in [-0.4, -0.2) is 18.6 Å². The van der Waals surface area contributed by atoms with Crippen molar-refractivity contribution in [2.24, 2.45) is 0 Å². The molecule has 0 spiro atoms. The van der Waals surface area contributed by atoms with Crippen molar-refractivity contribution in [2.75, 3.05) is 13.7 Å².